The lowest BCUT2D eigenvalue weighted by molar-refractivity contribution is 0.481. The Bertz CT molecular complexity index is 789. The van der Waals surface area contributed by atoms with Gasteiger partial charge in [-0.15, -0.1) is 5.10 Å². The highest BCUT2D eigenvalue weighted by Crippen LogP contribution is 2.35. The molecular formula is C15H13N3OS. The lowest BCUT2D eigenvalue weighted by Gasteiger charge is -2.07. The van der Waals surface area contributed by atoms with Crippen molar-refractivity contribution in [3.05, 3.63) is 47.8 Å². The quantitative estimate of drug-likeness (QED) is 0.780. The van der Waals surface area contributed by atoms with Crippen molar-refractivity contribution in [2.24, 2.45) is 0 Å². The van der Waals surface area contributed by atoms with E-state index >= 15 is 0 Å². The minimum Gasteiger partial charge on any atom is -0.507 e. The molecule has 0 aliphatic carbocycles. The molecule has 0 aliphatic rings. The van der Waals surface area contributed by atoms with E-state index < -0.39 is 0 Å². The first-order valence-electron chi connectivity index (χ1n) is 6.21. The summed E-state index contributed by atoms with van der Waals surface area (Å²) >= 11 is 1.45. The van der Waals surface area contributed by atoms with E-state index in [1.165, 1.54) is 11.8 Å². The molecule has 3 rings (SSSR count). The van der Waals surface area contributed by atoms with E-state index in [9.17, 15) is 5.11 Å². The third kappa shape index (κ3) is 2.32. The van der Waals surface area contributed by atoms with Crippen molar-refractivity contribution in [2.45, 2.75) is 23.9 Å². The number of rotatable bonds is 2. The Morgan fingerprint density at radius 2 is 1.65 bits per heavy atom. The summed E-state index contributed by atoms with van der Waals surface area (Å²) in [5, 5.41) is 20.5. The van der Waals surface area contributed by atoms with Crippen LogP contribution in [0.3, 0.4) is 0 Å². The van der Waals surface area contributed by atoms with E-state index in [1.807, 2.05) is 44.2 Å². The molecule has 0 aliphatic heterocycles. The summed E-state index contributed by atoms with van der Waals surface area (Å²) in [6.45, 7) is 3.81. The molecule has 0 unspecified atom stereocenters. The average Bonchev–Trinajstić information content (AvgIpc) is 2.46. The summed E-state index contributed by atoms with van der Waals surface area (Å²) < 4.78 is 0. The molecule has 0 fully saturated rings. The number of hydrogen-bond donors (Lipinski definition) is 1. The first kappa shape index (κ1) is 12.9. The number of phenols is 1. The highest BCUT2D eigenvalue weighted by molar-refractivity contribution is 7.99. The molecule has 0 spiro atoms. The zero-order valence-corrected chi connectivity index (χ0v) is 12.0. The van der Waals surface area contributed by atoms with Gasteiger partial charge in [0.05, 0.1) is 11.4 Å². The van der Waals surface area contributed by atoms with Crippen molar-refractivity contribution in [1.29, 1.82) is 0 Å². The molecule has 0 radical (unpaired) electrons. The molecule has 0 bridgehead atoms. The fraction of sp³-hybridized carbons (Fsp3) is 0.133. The number of fused-ring (bicyclic) bond motifs is 1. The van der Waals surface area contributed by atoms with Crippen LogP contribution >= 0.6 is 11.8 Å². The Morgan fingerprint density at radius 1 is 0.900 bits per heavy atom. The molecule has 0 atom stereocenters. The van der Waals surface area contributed by atoms with Gasteiger partial charge in [0, 0.05) is 10.3 Å². The second-order valence-corrected chi connectivity index (χ2v) is 5.50. The topological polar surface area (TPSA) is 58.9 Å². The molecule has 5 heteroatoms. The van der Waals surface area contributed by atoms with Crippen LogP contribution < -0.4 is 0 Å². The van der Waals surface area contributed by atoms with E-state index in [4.69, 9.17) is 0 Å². The first-order chi connectivity index (χ1) is 9.65. The molecule has 4 nitrogen and oxygen atoms in total. The number of benzene rings is 2. The van der Waals surface area contributed by atoms with E-state index in [2.05, 4.69) is 15.2 Å². The van der Waals surface area contributed by atoms with Crippen molar-refractivity contribution in [1.82, 2.24) is 15.2 Å². The van der Waals surface area contributed by atoms with Crippen LogP contribution in [0.4, 0.5) is 0 Å². The highest BCUT2D eigenvalue weighted by atomic mass is 32.2. The largest absolute Gasteiger partial charge is 0.507 e. The normalized spacial score (nSPS) is 10.9. The Morgan fingerprint density at radius 3 is 2.40 bits per heavy atom. The Balaban J connectivity index is 2.06. The molecule has 1 N–H and O–H groups in total. The lowest BCUT2D eigenvalue weighted by atomic mass is 10.1. The van der Waals surface area contributed by atoms with Gasteiger partial charge in [-0.1, -0.05) is 24.3 Å². The fourth-order valence-corrected chi connectivity index (χ4v) is 2.81. The SMILES string of the molecule is Cc1nnc(Sc2ccc(O)c3ccccc23)nc1C. The minimum atomic E-state index is 0.282. The van der Waals surface area contributed by atoms with Crippen LogP contribution in [0.25, 0.3) is 10.8 Å². The maximum absolute atomic E-state index is 9.89. The Kier molecular flexibility index (Phi) is 3.28. The molecule has 100 valence electrons. The second kappa shape index (κ2) is 5.09. The van der Waals surface area contributed by atoms with Gasteiger partial charge in [-0.05, 0) is 43.1 Å². The van der Waals surface area contributed by atoms with E-state index in [-0.39, 0.29) is 5.75 Å². The lowest BCUT2D eigenvalue weighted by Crippen LogP contribution is -1.97. The predicted octanol–water partition coefficient (Wildman–Crippen LogP) is 3.50. The maximum Gasteiger partial charge on any atom is 0.214 e. The van der Waals surface area contributed by atoms with Crippen LogP contribution in [0, 0.1) is 13.8 Å². The van der Waals surface area contributed by atoms with Crippen molar-refractivity contribution in [2.75, 3.05) is 0 Å². The molecule has 20 heavy (non-hydrogen) atoms. The number of aromatic hydroxyl groups is 1. The van der Waals surface area contributed by atoms with Gasteiger partial charge in [0.1, 0.15) is 5.75 Å². The fourth-order valence-electron chi connectivity index (χ4n) is 1.92. The zero-order valence-electron chi connectivity index (χ0n) is 11.2. The molecular weight excluding hydrogens is 270 g/mol. The van der Waals surface area contributed by atoms with Gasteiger partial charge >= 0.3 is 0 Å². The summed E-state index contributed by atoms with van der Waals surface area (Å²) in [6.07, 6.45) is 0. The Hall–Kier alpha value is -2.14. The van der Waals surface area contributed by atoms with Crippen LogP contribution in [0.15, 0.2) is 46.5 Å². The summed E-state index contributed by atoms with van der Waals surface area (Å²) in [5.74, 6) is 0.282. The maximum atomic E-state index is 9.89. The van der Waals surface area contributed by atoms with Gasteiger partial charge in [0.25, 0.3) is 0 Å². The van der Waals surface area contributed by atoms with Crippen LogP contribution in [0.5, 0.6) is 5.75 Å². The number of nitrogens with zero attached hydrogens (tertiary/aromatic N) is 3. The third-order valence-corrected chi connectivity index (χ3v) is 4.07. The Labute approximate surface area is 120 Å². The molecule has 1 heterocycles. The monoisotopic (exact) mass is 283 g/mol. The molecule has 0 saturated heterocycles. The van der Waals surface area contributed by atoms with Crippen molar-refractivity contribution in [3.8, 4) is 5.75 Å². The highest BCUT2D eigenvalue weighted by Gasteiger charge is 2.09. The van der Waals surface area contributed by atoms with Crippen LogP contribution in [-0.2, 0) is 0 Å². The molecule has 1 aromatic heterocycles. The molecule has 0 amide bonds. The zero-order chi connectivity index (χ0) is 14.1. The molecule has 2 aromatic carbocycles. The van der Waals surface area contributed by atoms with Crippen LogP contribution in [-0.4, -0.2) is 20.3 Å². The van der Waals surface area contributed by atoms with Gasteiger partial charge in [-0.2, -0.15) is 5.10 Å². The van der Waals surface area contributed by atoms with Gasteiger partial charge in [-0.25, -0.2) is 4.98 Å². The number of aryl methyl sites for hydroxylation is 2. The van der Waals surface area contributed by atoms with E-state index in [0.29, 0.717) is 5.16 Å². The number of aromatic nitrogens is 3. The van der Waals surface area contributed by atoms with Crippen molar-refractivity contribution < 1.29 is 5.11 Å². The average molecular weight is 283 g/mol. The van der Waals surface area contributed by atoms with E-state index in [0.717, 1.165) is 27.1 Å². The van der Waals surface area contributed by atoms with Crippen molar-refractivity contribution in [3.63, 3.8) is 0 Å². The van der Waals surface area contributed by atoms with Crippen molar-refractivity contribution >= 4 is 22.5 Å². The number of hydrogen-bond acceptors (Lipinski definition) is 5. The molecule has 0 saturated carbocycles. The van der Waals surface area contributed by atoms with Gasteiger partial charge in [0.15, 0.2) is 0 Å². The predicted molar refractivity (Wildman–Crippen MR) is 79.0 cm³/mol. The molecule has 3 aromatic rings. The second-order valence-electron chi connectivity index (χ2n) is 4.50. The van der Waals surface area contributed by atoms with Gasteiger partial charge in [-0.3, -0.25) is 0 Å². The third-order valence-electron chi connectivity index (χ3n) is 3.13. The number of phenolic OH excluding ortho intramolecular Hbond substituents is 1. The smallest absolute Gasteiger partial charge is 0.214 e. The summed E-state index contributed by atoms with van der Waals surface area (Å²) in [4.78, 5) is 5.43. The van der Waals surface area contributed by atoms with Crippen LogP contribution in [0.2, 0.25) is 0 Å². The van der Waals surface area contributed by atoms with Gasteiger partial charge < -0.3 is 5.11 Å². The van der Waals surface area contributed by atoms with Crippen LogP contribution in [0.1, 0.15) is 11.4 Å². The minimum absolute atomic E-state index is 0.282. The standard InChI is InChI=1S/C15H13N3OS/c1-9-10(2)17-18-15(16-9)20-14-8-7-13(19)11-5-3-4-6-12(11)14/h3-8,19H,1-2H3. The van der Waals surface area contributed by atoms with Gasteiger partial charge in [0.2, 0.25) is 5.16 Å². The summed E-state index contributed by atoms with van der Waals surface area (Å²) in [7, 11) is 0. The first-order valence-corrected chi connectivity index (χ1v) is 7.03. The van der Waals surface area contributed by atoms with E-state index in [1.54, 1.807) is 6.07 Å². The summed E-state index contributed by atoms with van der Waals surface area (Å²) in [6, 6.07) is 11.3. The summed E-state index contributed by atoms with van der Waals surface area (Å²) in [5.41, 5.74) is 1.72.